The van der Waals surface area contributed by atoms with Gasteiger partial charge in [-0.15, -0.1) is 0 Å². The molecule has 1 rings (SSSR count). The lowest BCUT2D eigenvalue weighted by Gasteiger charge is -2.24. The molecule has 1 aromatic rings. The maximum Gasteiger partial charge on any atom is 0.312 e. The van der Waals surface area contributed by atoms with E-state index in [1.807, 2.05) is 30.3 Å². The summed E-state index contributed by atoms with van der Waals surface area (Å²) < 4.78 is 4.94. The van der Waals surface area contributed by atoms with Gasteiger partial charge in [0.15, 0.2) is 0 Å². The fourth-order valence-corrected chi connectivity index (χ4v) is 1.88. The molecular weight excluding hydrogens is 230 g/mol. The smallest absolute Gasteiger partial charge is 0.312 e. The van der Waals surface area contributed by atoms with Gasteiger partial charge in [-0.05, 0) is 12.5 Å². The molecule has 0 spiro atoms. The van der Waals surface area contributed by atoms with Gasteiger partial charge in [-0.25, -0.2) is 0 Å². The van der Waals surface area contributed by atoms with Crippen molar-refractivity contribution in [2.45, 2.75) is 19.8 Å². The largest absolute Gasteiger partial charge is 0.481 e. The summed E-state index contributed by atoms with van der Waals surface area (Å²) >= 11 is 0. The highest BCUT2D eigenvalue weighted by molar-refractivity contribution is 5.89. The zero-order valence-corrected chi connectivity index (χ0v) is 10.8. The van der Waals surface area contributed by atoms with E-state index in [9.17, 15) is 9.90 Å². The molecule has 1 aromatic carbocycles. The number of carbonyl (C=O) groups is 1. The van der Waals surface area contributed by atoms with Crippen molar-refractivity contribution in [2.75, 3.05) is 13.7 Å². The minimum absolute atomic E-state index is 0.111. The van der Waals surface area contributed by atoms with Crippen LogP contribution in [0.15, 0.2) is 30.3 Å². The Morgan fingerprint density at radius 1 is 1.39 bits per heavy atom. The topological polar surface area (TPSA) is 70.4 Å². The molecule has 98 valence electrons. The first kappa shape index (κ1) is 14.4. The minimum Gasteiger partial charge on any atom is -0.481 e. The van der Waals surface area contributed by atoms with Crippen molar-refractivity contribution in [1.29, 1.82) is 5.41 Å². The molecule has 0 bridgehead atoms. The molecule has 0 aliphatic rings. The third-order valence-electron chi connectivity index (χ3n) is 2.84. The van der Waals surface area contributed by atoms with E-state index < -0.39 is 11.4 Å². The molecule has 0 heterocycles. The molecule has 0 aliphatic carbocycles. The molecule has 2 N–H and O–H groups in total. The Morgan fingerprint density at radius 2 is 2.00 bits per heavy atom. The molecule has 0 fully saturated rings. The van der Waals surface area contributed by atoms with Crippen LogP contribution in [0, 0.1) is 10.8 Å². The number of carboxylic acid groups (broad SMARTS) is 1. The Balaban J connectivity index is 2.65. The van der Waals surface area contributed by atoms with Gasteiger partial charge in [0.2, 0.25) is 0 Å². The lowest BCUT2D eigenvalue weighted by atomic mass is 9.84. The average molecular weight is 249 g/mol. The average Bonchev–Trinajstić information content (AvgIpc) is 2.30. The number of aliphatic carboxylic acids is 1. The summed E-state index contributed by atoms with van der Waals surface area (Å²) in [6.45, 7) is 1.72. The predicted molar refractivity (Wildman–Crippen MR) is 70.1 cm³/mol. The second kappa shape index (κ2) is 6.31. The van der Waals surface area contributed by atoms with Crippen LogP contribution >= 0.6 is 0 Å². The first-order valence-electron chi connectivity index (χ1n) is 5.80. The zero-order chi connectivity index (χ0) is 13.6. The van der Waals surface area contributed by atoms with Gasteiger partial charge >= 0.3 is 5.97 Å². The normalized spacial score (nSPS) is 13.9. The van der Waals surface area contributed by atoms with Crippen molar-refractivity contribution in [1.82, 2.24) is 0 Å². The molecule has 0 saturated heterocycles. The number of rotatable bonds is 7. The van der Waals surface area contributed by atoms with E-state index in [2.05, 4.69) is 0 Å². The van der Waals surface area contributed by atoms with Crippen molar-refractivity contribution >= 4 is 11.7 Å². The first-order chi connectivity index (χ1) is 8.48. The summed E-state index contributed by atoms with van der Waals surface area (Å²) in [7, 11) is 1.47. The highest BCUT2D eigenvalue weighted by Crippen LogP contribution is 2.23. The highest BCUT2D eigenvalue weighted by atomic mass is 16.5. The molecule has 18 heavy (non-hydrogen) atoms. The Hall–Kier alpha value is -1.68. The maximum absolute atomic E-state index is 11.2. The van der Waals surface area contributed by atoms with E-state index >= 15 is 0 Å². The summed E-state index contributed by atoms with van der Waals surface area (Å²) in [6, 6.07) is 9.60. The number of nitrogens with one attached hydrogen (secondary N) is 1. The van der Waals surface area contributed by atoms with Crippen LogP contribution in [0.4, 0.5) is 0 Å². The van der Waals surface area contributed by atoms with E-state index in [4.69, 9.17) is 10.1 Å². The molecule has 0 aliphatic heterocycles. The van der Waals surface area contributed by atoms with Gasteiger partial charge in [0.05, 0.1) is 12.0 Å². The Bertz CT molecular complexity index is 416. The van der Waals surface area contributed by atoms with E-state index in [1.54, 1.807) is 6.92 Å². The number of ether oxygens (including phenoxy) is 1. The van der Waals surface area contributed by atoms with E-state index in [-0.39, 0.29) is 13.0 Å². The number of methoxy groups -OCH3 is 1. The fourth-order valence-electron chi connectivity index (χ4n) is 1.88. The van der Waals surface area contributed by atoms with Gasteiger partial charge < -0.3 is 15.3 Å². The Labute approximate surface area is 107 Å². The van der Waals surface area contributed by atoms with Crippen molar-refractivity contribution in [2.24, 2.45) is 5.41 Å². The Kier molecular flexibility index (Phi) is 5.04. The minimum atomic E-state index is -1.03. The summed E-state index contributed by atoms with van der Waals surface area (Å²) in [5, 5.41) is 17.1. The Morgan fingerprint density at radius 3 is 2.50 bits per heavy atom. The molecule has 1 atom stereocenters. The molecule has 0 radical (unpaired) electrons. The first-order valence-corrected chi connectivity index (χ1v) is 5.80. The number of carboxylic acids is 1. The standard InChI is InChI=1S/C14H19NO3/c1-14(10-18-2,13(16)17)9-12(15)8-11-6-4-3-5-7-11/h3-7,15H,8-10H2,1-2H3,(H,16,17). The van der Waals surface area contributed by atoms with Crippen molar-refractivity contribution in [3.05, 3.63) is 35.9 Å². The van der Waals surface area contributed by atoms with Crippen LogP contribution in [0.5, 0.6) is 0 Å². The summed E-state index contributed by atoms with van der Waals surface area (Å²) in [5.74, 6) is -0.929. The van der Waals surface area contributed by atoms with E-state index in [1.165, 1.54) is 7.11 Å². The highest BCUT2D eigenvalue weighted by Gasteiger charge is 2.34. The zero-order valence-electron chi connectivity index (χ0n) is 10.8. The van der Waals surface area contributed by atoms with Crippen LogP contribution in [0.1, 0.15) is 18.9 Å². The van der Waals surface area contributed by atoms with Gasteiger partial charge in [-0.2, -0.15) is 0 Å². The van der Waals surface area contributed by atoms with Gasteiger partial charge in [-0.1, -0.05) is 30.3 Å². The van der Waals surface area contributed by atoms with E-state index in [0.29, 0.717) is 12.1 Å². The quantitative estimate of drug-likeness (QED) is 0.729. The summed E-state index contributed by atoms with van der Waals surface area (Å²) in [4.78, 5) is 11.2. The number of hydrogen-bond donors (Lipinski definition) is 2. The van der Waals surface area contributed by atoms with Crippen LogP contribution in [0.25, 0.3) is 0 Å². The maximum atomic E-state index is 11.2. The third kappa shape index (κ3) is 3.96. The van der Waals surface area contributed by atoms with E-state index in [0.717, 1.165) is 5.56 Å². The van der Waals surface area contributed by atoms with Gasteiger partial charge in [0.25, 0.3) is 0 Å². The molecule has 0 aromatic heterocycles. The molecule has 4 heteroatoms. The molecule has 0 amide bonds. The molecule has 0 saturated carbocycles. The second-order valence-corrected chi connectivity index (χ2v) is 4.74. The lowest BCUT2D eigenvalue weighted by Crippen LogP contribution is -2.35. The lowest BCUT2D eigenvalue weighted by molar-refractivity contribution is -0.150. The fraction of sp³-hybridized carbons (Fsp3) is 0.429. The van der Waals surface area contributed by atoms with Crippen molar-refractivity contribution < 1.29 is 14.6 Å². The van der Waals surface area contributed by atoms with Gasteiger partial charge in [0, 0.05) is 25.7 Å². The monoisotopic (exact) mass is 249 g/mol. The molecule has 4 nitrogen and oxygen atoms in total. The van der Waals surface area contributed by atoms with Crippen LogP contribution in [0.3, 0.4) is 0 Å². The predicted octanol–water partition coefficient (Wildman–Crippen LogP) is 2.38. The summed E-state index contributed by atoms with van der Waals surface area (Å²) in [5.41, 5.74) is 0.400. The second-order valence-electron chi connectivity index (χ2n) is 4.74. The van der Waals surface area contributed by atoms with Crippen LogP contribution in [-0.2, 0) is 16.0 Å². The van der Waals surface area contributed by atoms with Gasteiger partial charge in [-0.3, -0.25) is 4.79 Å². The van der Waals surface area contributed by atoms with Gasteiger partial charge in [0.1, 0.15) is 0 Å². The summed E-state index contributed by atoms with van der Waals surface area (Å²) in [6.07, 6.45) is 0.679. The number of hydrogen-bond acceptors (Lipinski definition) is 3. The van der Waals surface area contributed by atoms with Crippen LogP contribution in [0.2, 0.25) is 0 Å². The van der Waals surface area contributed by atoms with Crippen LogP contribution in [-0.4, -0.2) is 30.5 Å². The van der Waals surface area contributed by atoms with Crippen molar-refractivity contribution in [3.63, 3.8) is 0 Å². The SMILES string of the molecule is COCC(C)(CC(=N)Cc1ccccc1)C(=O)O. The molecular formula is C14H19NO3. The third-order valence-corrected chi connectivity index (χ3v) is 2.84. The number of benzene rings is 1. The molecule has 1 unspecified atom stereocenters. The van der Waals surface area contributed by atoms with Crippen molar-refractivity contribution in [3.8, 4) is 0 Å². The van der Waals surface area contributed by atoms with Crippen LogP contribution < -0.4 is 0 Å².